The molecule has 0 spiro atoms. The van der Waals surface area contributed by atoms with Gasteiger partial charge in [-0.2, -0.15) is 4.31 Å². The largest absolute Gasteiger partial charge is 0.496 e. The molecule has 1 unspecified atom stereocenters. The van der Waals surface area contributed by atoms with Gasteiger partial charge in [0, 0.05) is 36.6 Å². The van der Waals surface area contributed by atoms with E-state index >= 15 is 0 Å². The Kier molecular flexibility index (Phi) is 5.81. The van der Waals surface area contributed by atoms with Gasteiger partial charge in [-0.15, -0.1) is 0 Å². The lowest BCUT2D eigenvalue weighted by Gasteiger charge is -2.39. The molecule has 0 saturated heterocycles. The zero-order valence-electron chi connectivity index (χ0n) is 16.7. The molecule has 0 N–H and O–H groups in total. The molecule has 2 aromatic rings. The maximum atomic E-state index is 13.2. The van der Waals surface area contributed by atoms with E-state index in [9.17, 15) is 13.2 Å². The Balaban J connectivity index is 2.00. The molecular weight excluding hydrogens is 378 g/mol. The number of rotatable bonds is 6. The van der Waals surface area contributed by atoms with E-state index in [1.165, 1.54) is 4.31 Å². The number of hydrogen-bond donors (Lipinski definition) is 0. The van der Waals surface area contributed by atoms with Crippen molar-refractivity contribution in [1.29, 1.82) is 0 Å². The van der Waals surface area contributed by atoms with Crippen molar-refractivity contribution in [1.82, 2.24) is 13.8 Å². The first kappa shape index (κ1) is 20.4. The van der Waals surface area contributed by atoms with Crippen LogP contribution in [-0.2, 0) is 21.4 Å². The number of aromatic nitrogens is 1. The van der Waals surface area contributed by atoms with Crippen LogP contribution in [0.4, 0.5) is 0 Å². The summed E-state index contributed by atoms with van der Waals surface area (Å²) in [7, 11) is -1.88. The molecule has 0 aliphatic carbocycles. The van der Waals surface area contributed by atoms with Crippen molar-refractivity contribution in [2.45, 2.75) is 32.5 Å². The minimum Gasteiger partial charge on any atom is -0.496 e. The maximum absolute atomic E-state index is 13.2. The molecular formula is C20H27N3O4S. The van der Waals surface area contributed by atoms with Gasteiger partial charge in [0.25, 0.3) is 0 Å². The lowest BCUT2D eigenvalue weighted by molar-refractivity contribution is -0.134. The zero-order chi connectivity index (χ0) is 20.5. The van der Waals surface area contributed by atoms with Crippen LogP contribution in [0.2, 0.25) is 0 Å². The topological polar surface area (TPSA) is 71.8 Å². The van der Waals surface area contributed by atoms with E-state index < -0.39 is 10.0 Å². The second-order valence-electron chi connectivity index (χ2n) is 7.26. The van der Waals surface area contributed by atoms with E-state index in [0.29, 0.717) is 18.8 Å². The lowest BCUT2D eigenvalue weighted by Crippen LogP contribution is -2.49. The molecule has 0 fully saturated rings. The van der Waals surface area contributed by atoms with Gasteiger partial charge in [-0.25, -0.2) is 8.42 Å². The number of sulfonamides is 1. The second-order valence-corrected chi connectivity index (χ2v) is 9.20. The predicted octanol–water partition coefficient (Wildman–Crippen LogP) is 2.10. The first-order chi connectivity index (χ1) is 13.2. The summed E-state index contributed by atoms with van der Waals surface area (Å²) in [5.41, 5.74) is 1.87. The molecule has 7 nitrogen and oxygen atoms in total. The fourth-order valence-corrected chi connectivity index (χ4v) is 4.89. The SMILES string of the molecule is COc1ccccc1C1c2cccn2CCN1C(=O)CN(C(C)C)S(C)(=O)=O. The summed E-state index contributed by atoms with van der Waals surface area (Å²) >= 11 is 0. The van der Waals surface area contributed by atoms with E-state index in [-0.39, 0.29) is 24.5 Å². The third-order valence-electron chi connectivity index (χ3n) is 5.09. The van der Waals surface area contributed by atoms with Crippen LogP contribution in [0, 0.1) is 0 Å². The number of amides is 1. The highest BCUT2D eigenvalue weighted by Crippen LogP contribution is 2.37. The maximum Gasteiger partial charge on any atom is 0.238 e. The first-order valence-electron chi connectivity index (χ1n) is 9.28. The van der Waals surface area contributed by atoms with Crippen molar-refractivity contribution in [2.75, 3.05) is 26.5 Å². The molecule has 1 atom stereocenters. The van der Waals surface area contributed by atoms with Crippen LogP contribution in [0.5, 0.6) is 5.75 Å². The quantitative estimate of drug-likeness (QED) is 0.738. The van der Waals surface area contributed by atoms with Crippen LogP contribution in [0.15, 0.2) is 42.6 Å². The Morgan fingerprint density at radius 1 is 1.21 bits per heavy atom. The lowest BCUT2D eigenvalue weighted by atomic mass is 9.98. The predicted molar refractivity (Wildman–Crippen MR) is 108 cm³/mol. The Hall–Kier alpha value is -2.32. The highest BCUT2D eigenvalue weighted by molar-refractivity contribution is 7.88. The van der Waals surface area contributed by atoms with Gasteiger partial charge in [-0.05, 0) is 32.0 Å². The Labute approximate surface area is 166 Å². The number of nitrogens with zero attached hydrogens (tertiary/aromatic N) is 3. The van der Waals surface area contributed by atoms with Gasteiger partial charge < -0.3 is 14.2 Å². The molecule has 8 heteroatoms. The summed E-state index contributed by atoms with van der Waals surface area (Å²) in [6.07, 6.45) is 3.13. The molecule has 1 amide bonds. The van der Waals surface area contributed by atoms with Gasteiger partial charge in [-0.1, -0.05) is 18.2 Å². The summed E-state index contributed by atoms with van der Waals surface area (Å²) in [5.74, 6) is 0.478. The van der Waals surface area contributed by atoms with Crippen LogP contribution < -0.4 is 4.74 Å². The number of para-hydroxylation sites is 1. The average Bonchev–Trinajstić information content (AvgIpc) is 3.12. The summed E-state index contributed by atoms with van der Waals surface area (Å²) < 4.78 is 33.2. The fourth-order valence-electron chi connectivity index (χ4n) is 3.78. The standard InChI is InChI=1S/C20H27N3O4S/c1-15(2)23(28(4,25)26)14-19(24)22-13-12-21-11-7-9-17(21)20(22)16-8-5-6-10-18(16)27-3/h5-11,15,20H,12-14H2,1-4H3. The number of ether oxygens (including phenoxy) is 1. The third kappa shape index (κ3) is 3.93. The van der Waals surface area contributed by atoms with Crippen molar-refractivity contribution >= 4 is 15.9 Å². The van der Waals surface area contributed by atoms with Crippen LogP contribution >= 0.6 is 0 Å². The van der Waals surface area contributed by atoms with Crippen molar-refractivity contribution in [3.63, 3.8) is 0 Å². The minimum absolute atomic E-state index is 0.178. The van der Waals surface area contributed by atoms with Gasteiger partial charge in [0.1, 0.15) is 11.8 Å². The Bertz CT molecular complexity index is 952. The highest BCUT2D eigenvalue weighted by Gasteiger charge is 2.35. The molecule has 152 valence electrons. The number of carbonyl (C=O) groups is 1. The molecule has 0 radical (unpaired) electrons. The van der Waals surface area contributed by atoms with Crippen molar-refractivity contribution < 1.29 is 17.9 Å². The summed E-state index contributed by atoms with van der Waals surface area (Å²) in [6.45, 7) is 4.53. The molecule has 3 rings (SSSR count). The Morgan fingerprint density at radius 2 is 1.93 bits per heavy atom. The van der Waals surface area contributed by atoms with Crippen molar-refractivity contribution in [2.24, 2.45) is 0 Å². The first-order valence-corrected chi connectivity index (χ1v) is 11.1. The summed E-state index contributed by atoms with van der Waals surface area (Å²) in [5, 5.41) is 0. The summed E-state index contributed by atoms with van der Waals surface area (Å²) in [4.78, 5) is 15.0. The normalized spacial score (nSPS) is 17.1. The molecule has 1 aromatic heterocycles. The smallest absolute Gasteiger partial charge is 0.238 e. The van der Waals surface area contributed by atoms with Crippen LogP contribution in [0.3, 0.4) is 0 Å². The number of fused-ring (bicyclic) bond motifs is 1. The van der Waals surface area contributed by atoms with Gasteiger partial charge in [0.15, 0.2) is 0 Å². The van der Waals surface area contributed by atoms with E-state index in [1.54, 1.807) is 25.9 Å². The molecule has 1 aliphatic heterocycles. The summed E-state index contributed by atoms with van der Waals surface area (Å²) in [6, 6.07) is 11.0. The Morgan fingerprint density at radius 3 is 2.57 bits per heavy atom. The monoisotopic (exact) mass is 405 g/mol. The zero-order valence-corrected chi connectivity index (χ0v) is 17.5. The van der Waals surface area contributed by atoms with Crippen molar-refractivity contribution in [3.05, 3.63) is 53.9 Å². The van der Waals surface area contributed by atoms with Crippen molar-refractivity contribution in [3.8, 4) is 5.75 Å². The molecule has 28 heavy (non-hydrogen) atoms. The number of methoxy groups -OCH3 is 1. The van der Waals surface area contributed by atoms with Gasteiger partial charge >= 0.3 is 0 Å². The number of benzene rings is 1. The van der Waals surface area contributed by atoms with Crippen LogP contribution in [0.25, 0.3) is 0 Å². The van der Waals surface area contributed by atoms with E-state index in [2.05, 4.69) is 4.57 Å². The fraction of sp³-hybridized carbons (Fsp3) is 0.450. The molecule has 1 aliphatic rings. The second kappa shape index (κ2) is 7.97. The van der Waals surface area contributed by atoms with Gasteiger partial charge in [0.05, 0.1) is 19.9 Å². The third-order valence-corrected chi connectivity index (χ3v) is 6.49. The van der Waals surface area contributed by atoms with E-state index in [4.69, 9.17) is 4.74 Å². The number of hydrogen-bond acceptors (Lipinski definition) is 4. The van der Waals surface area contributed by atoms with E-state index in [0.717, 1.165) is 17.5 Å². The molecule has 1 aromatic carbocycles. The van der Waals surface area contributed by atoms with Gasteiger partial charge in [0.2, 0.25) is 15.9 Å². The minimum atomic E-state index is -3.49. The van der Waals surface area contributed by atoms with Crippen LogP contribution in [0.1, 0.15) is 31.1 Å². The average molecular weight is 406 g/mol. The molecule has 2 heterocycles. The molecule has 0 saturated carbocycles. The number of carbonyl (C=O) groups excluding carboxylic acids is 1. The van der Waals surface area contributed by atoms with Crippen LogP contribution in [-0.4, -0.2) is 60.6 Å². The highest BCUT2D eigenvalue weighted by atomic mass is 32.2. The van der Waals surface area contributed by atoms with Gasteiger partial charge in [-0.3, -0.25) is 4.79 Å². The van der Waals surface area contributed by atoms with E-state index in [1.807, 2.05) is 42.6 Å². The molecule has 0 bridgehead atoms.